The summed E-state index contributed by atoms with van der Waals surface area (Å²) in [5.41, 5.74) is 0.145. The van der Waals surface area contributed by atoms with Crippen molar-refractivity contribution in [1.29, 1.82) is 0 Å². The van der Waals surface area contributed by atoms with Crippen molar-refractivity contribution in [1.82, 2.24) is 0 Å². The molecule has 0 spiro atoms. The number of rotatable bonds is 8. The normalized spacial score (nSPS) is 11.3. The van der Waals surface area contributed by atoms with Crippen molar-refractivity contribution in [2.24, 2.45) is 0 Å². The van der Waals surface area contributed by atoms with E-state index in [9.17, 15) is 9.59 Å². The number of halogens is 1. The number of carbonyl (C=O) groups excluding carboxylic acids is 1. The number of benzene rings is 1. The van der Waals surface area contributed by atoms with Crippen LogP contribution in [0.2, 0.25) is 0 Å². The molecule has 1 aromatic rings. The first-order valence-electron chi connectivity index (χ1n) is 6.73. The summed E-state index contributed by atoms with van der Waals surface area (Å²) >= 11 is 5.97. The van der Waals surface area contributed by atoms with E-state index in [1.165, 1.54) is 24.3 Å². The number of unbranched alkanes of at least 4 members (excludes halogenated alkanes) is 3. The van der Waals surface area contributed by atoms with Gasteiger partial charge in [-0.05, 0) is 30.7 Å². The zero-order valence-electron chi connectivity index (χ0n) is 11.5. The second-order valence-corrected chi connectivity index (χ2v) is 5.09. The van der Waals surface area contributed by atoms with Gasteiger partial charge in [0.25, 0.3) is 0 Å². The van der Waals surface area contributed by atoms with Crippen LogP contribution in [0.1, 0.15) is 49.4 Å². The van der Waals surface area contributed by atoms with Gasteiger partial charge in [-0.3, -0.25) is 4.79 Å². The van der Waals surface area contributed by atoms with Crippen LogP contribution in [-0.4, -0.2) is 52.0 Å². The van der Waals surface area contributed by atoms with Crippen molar-refractivity contribution >= 4 is 53.1 Å². The molecule has 4 nitrogen and oxygen atoms in total. The van der Waals surface area contributed by atoms with Gasteiger partial charge in [-0.25, -0.2) is 4.79 Å². The quantitative estimate of drug-likeness (QED) is 0.262. The summed E-state index contributed by atoms with van der Waals surface area (Å²) in [7, 11) is 0. The maximum absolute atomic E-state index is 11.7. The van der Waals surface area contributed by atoms with Crippen molar-refractivity contribution in [3.8, 4) is 5.75 Å². The SMILES string of the molecule is CCCCCCC(Cl)C(=O)Oc1ccc(C(=O)O)cc1.[NaH]. The fourth-order valence-electron chi connectivity index (χ4n) is 1.71. The number of hydrogen-bond donors (Lipinski definition) is 1. The van der Waals surface area contributed by atoms with Gasteiger partial charge < -0.3 is 9.84 Å². The Balaban J connectivity index is 0.00000400. The van der Waals surface area contributed by atoms with E-state index in [2.05, 4.69) is 6.92 Å². The molecule has 0 aromatic heterocycles. The Kier molecular flexibility index (Phi) is 10.8. The number of aromatic carboxylic acids is 1. The van der Waals surface area contributed by atoms with Crippen LogP contribution in [-0.2, 0) is 4.79 Å². The van der Waals surface area contributed by atoms with Gasteiger partial charge in [-0.2, -0.15) is 0 Å². The summed E-state index contributed by atoms with van der Waals surface area (Å²) in [4.78, 5) is 22.4. The van der Waals surface area contributed by atoms with Gasteiger partial charge in [0.2, 0.25) is 0 Å². The number of hydrogen-bond acceptors (Lipinski definition) is 3. The average molecular weight is 323 g/mol. The molecule has 0 aliphatic carbocycles. The Hall–Kier alpha value is -0.550. The van der Waals surface area contributed by atoms with Crippen LogP contribution in [0.4, 0.5) is 0 Å². The van der Waals surface area contributed by atoms with E-state index >= 15 is 0 Å². The Bertz CT molecular complexity index is 447. The molecule has 21 heavy (non-hydrogen) atoms. The molecule has 112 valence electrons. The van der Waals surface area contributed by atoms with Gasteiger partial charge in [0.15, 0.2) is 0 Å². The summed E-state index contributed by atoms with van der Waals surface area (Å²) in [5, 5.41) is 8.10. The molecule has 0 aliphatic rings. The monoisotopic (exact) mass is 322 g/mol. The predicted molar refractivity (Wildman–Crippen MR) is 84.6 cm³/mol. The molecule has 6 heteroatoms. The Labute approximate surface area is 152 Å². The zero-order valence-corrected chi connectivity index (χ0v) is 12.2. The van der Waals surface area contributed by atoms with E-state index in [1.54, 1.807) is 0 Å². The molecule has 1 atom stereocenters. The predicted octanol–water partition coefficient (Wildman–Crippen LogP) is 3.22. The first-order valence-corrected chi connectivity index (χ1v) is 7.17. The van der Waals surface area contributed by atoms with Crippen molar-refractivity contribution in [3.63, 3.8) is 0 Å². The van der Waals surface area contributed by atoms with E-state index in [0.29, 0.717) is 12.2 Å². The molecule has 0 aliphatic heterocycles. The van der Waals surface area contributed by atoms with Gasteiger partial charge >= 0.3 is 41.5 Å². The van der Waals surface area contributed by atoms with Gasteiger partial charge in [0.05, 0.1) is 5.56 Å². The standard InChI is InChI=1S/C15H19ClO4.Na.H/c1-2-3-4-5-6-13(16)15(19)20-12-9-7-11(8-10-12)14(17)18;;/h7-10,13H,2-6H2,1H3,(H,17,18);;. The fraction of sp³-hybridized carbons (Fsp3) is 0.467. The van der Waals surface area contributed by atoms with E-state index in [1.807, 2.05) is 0 Å². The van der Waals surface area contributed by atoms with Crippen molar-refractivity contribution < 1.29 is 19.4 Å². The molecule has 0 saturated heterocycles. The van der Waals surface area contributed by atoms with Crippen molar-refractivity contribution in [2.75, 3.05) is 0 Å². The molecule has 0 radical (unpaired) electrons. The number of carbonyl (C=O) groups is 2. The molecule has 0 heterocycles. The average Bonchev–Trinajstić information content (AvgIpc) is 2.44. The molecular formula is C15H20ClNaO4. The number of alkyl halides is 1. The molecule has 1 rings (SSSR count). The summed E-state index contributed by atoms with van der Waals surface area (Å²) in [5.74, 6) is -1.21. The second-order valence-electron chi connectivity index (χ2n) is 4.57. The van der Waals surface area contributed by atoms with E-state index in [4.69, 9.17) is 21.4 Å². The molecule has 0 saturated carbocycles. The van der Waals surface area contributed by atoms with Crippen LogP contribution in [0.3, 0.4) is 0 Å². The first kappa shape index (κ1) is 20.5. The van der Waals surface area contributed by atoms with Crippen LogP contribution < -0.4 is 4.74 Å². The summed E-state index contributed by atoms with van der Waals surface area (Å²) in [6.45, 7) is 2.12. The molecule has 0 fully saturated rings. The third-order valence-corrected chi connectivity index (χ3v) is 3.28. The minimum atomic E-state index is -1.02. The molecule has 0 bridgehead atoms. The van der Waals surface area contributed by atoms with E-state index in [-0.39, 0.29) is 35.1 Å². The molecule has 1 unspecified atom stereocenters. The fourth-order valence-corrected chi connectivity index (χ4v) is 1.91. The van der Waals surface area contributed by atoms with Crippen molar-refractivity contribution in [3.05, 3.63) is 29.8 Å². The summed E-state index contributed by atoms with van der Waals surface area (Å²) in [6.07, 6.45) is 4.81. The third-order valence-electron chi connectivity index (χ3n) is 2.89. The zero-order chi connectivity index (χ0) is 15.0. The van der Waals surface area contributed by atoms with Crippen molar-refractivity contribution in [2.45, 2.75) is 44.4 Å². The van der Waals surface area contributed by atoms with Crippen LogP contribution in [0, 0.1) is 0 Å². The summed E-state index contributed by atoms with van der Waals surface area (Å²) in [6, 6.07) is 5.66. The van der Waals surface area contributed by atoms with Gasteiger partial charge in [0, 0.05) is 0 Å². The second kappa shape index (κ2) is 11.1. The number of ether oxygens (including phenoxy) is 1. The van der Waals surface area contributed by atoms with Gasteiger partial charge in [-0.1, -0.05) is 32.6 Å². The molecular weight excluding hydrogens is 303 g/mol. The van der Waals surface area contributed by atoms with Crippen LogP contribution >= 0.6 is 11.6 Å². The van der Waals surface area contributed by atoms with E-state index in [0.717, 1.165) is 25.7 Å². The molecule has 1 N–H and O–H groups in total. The number of carboxylic acid groups (broad SMARTS) is 1. The van der Waals surface area contributed by atoms with Crippen LogP contribution in [0.5, 0.6) is 5.75 Å². The first-order chi connectivity index (χ1) is 9.54. The Morgan fingerprint density at radius 3 is 2.33 bits per heavy atom. The Morgan fingerprint density at radius 1 is 1.19 bits per heavy atom. The molecule has 0 amide bonds. The van der Waals surface area contributed by atoms with Crippen LogP contribution in [0.25, 0.3) is 0 Å². The summed E-state index contributed by atoms with van der Waals surface area (Å²) < 4.78 is 5.10. The van der Waals surface area contributed by atoms with Gasteiger partial charge in [0.1, 0.15) is 11.1 Å². The topological polar surface area (TPSA) is 63.6 Å². The number of esters is 1. The Morgan fingerprint density at radius 2 is 1.81 bits per heavy atom. The number of carboxylic acids is 1. The van der Waals surface area contributed by atoms with E-state index < -0.39 is 17.3 Å². The van der Waals surface area contributed by atoms with Gasteiger partial charge in [-0.15, -0.1) is 11.6 Å². The minimum absolute atomic E-state index is 0. The van der Waals surface area contributed by atoms with Crippen LogP contribution in [0.15, 0.2) is 24.3 Å². The molecule has 1 aromatic carbocycles. The maximum atomic E-state index is 11.7. The third kappa shape index (κ3) is 7.86.